The van der Waals surface area contributed by atoms with Crippen molar-refractivity contribution in [3.8, 4) is 0 Å². The number of carbonyl (C=O) groups is 2. The van der Waals surface area contributed by atoms with Gasteiger partial charge in [0, 0.05) is 24.3 Å². The van der Waals surface area contributed by atoms with Crippen molar-refractivity contribution in [1.29, 1.82) is 0 Å². The van der Waals surface area contributed by atoms with Crippen molar-refractivity contribution in [1.82, 2.24) is 25.0 Å². The number of thiazole rings is 1. The van der Waals surface area contributed by atoms with Gasteiger partial charge in [0.15, 0.2) is 0 Å². The Kier molecular flexibility index (Phi) is 6.08. The summed E-state index contributed by atoms with van der Waals surface area (Å²) in [5.74, 6) is 0.0799. The number of amides is 2. The molecule has 0 aliphatic rings. The molecular formula is C20H25N5O2S. The third-order valence-corrected chi connectivity index (χ3v) is 5.35. The standard InChI is InChI=1S/C20H25N5O2S/c1-12(2)9-22-19(27)16-11-28-20(24-16)14(4)23-17(26)8-15-10-21-18-13(3)6-5-7-25(15)18/h5-7,10-12,14H,8-9H2,1-4H3,(H,22,27)(H,23,26)/t14-/m0/s1. The fraction of sp³-hybridized carbons (Fsp3) is 0.400. The number of pyridine rings is 1. The van der Waals surface area contributed by atoms with Crippen LogP contribution in [0.5, 0.6) is 0 Å². The summed E-state index contributed by atoms with van der Waals surface area (Å²) in [7, 11) is 0. The molecular weight excluding hydrogens is 374 g/mol. The molecule has 3 aromatic heterocycles. The molecule has 0 spiro atoms. The topological polar surface area (TPSA) is 88.4 Å². The summed E-state index contributed by atoms with van der Waals surface area (Å²) in [5.41, 5.74) is 3.14. The van der Waals surface area contributed by atoms with Gasteiger partial charge in [-0.15, -0.1) is 11.3 Å². The zero-order chi connectivity index (χ0) is 20.3. The highest BCUT2D eigenvalue weighted by Crippen LogP contribution is 2.18. The van der Waals surface area contributed by atoms with Crippen LogP contribution in [-0.4, -0.2) is 32.7 Å². The van der Waals surface area contributed by atoms with E-state index in [1.54, 1.807) is 11.6 Å². The molecule has 0 fully saturated rings. The highest BCUT2D eigenvalue weighted by Gasteiger charge is 2.18. The van der Waals surface area contributed by atoms with Crippen LogP contribution < -0.4 is 10.6 Å². The molecule has 7 nitrogen and oxygen atoms in total. The minimum Gasteiger partial charge on any atom is -0.350 e. The van der Waals surface area contributed by atoms with Crippen LogP contribution in [0, 0.1) is 12.8 Å². The molecule has 0 radical (unpaired) electrons. The number of aromatic nitrogens is 3. The quantitative estimate of drug-likeness (QED) is 0.639. The number of hydrogen-bond acceptors (Lipinski definition) is 5. The molecule has 2 amide bonds. The summed E-state index contributed by atoms with van der Waals surface area (Å²) in [6.07, 6.45) is 3.86. The fourth-order valence-electron chi connectivity index (χ4n) is 2.83. The van der Waals surface area contributed by atoms with Crippen molar-refractivity contribution in [2.45, 2.75) is 40.2 Å². The molecule has 0 bridgehead atoms. The van der Waals surface area contributed by atoms with Crippen molar-refractivity contribution in [3.05, 3.63) is 51.9 Å². The second-order valence-corrected chi connectivity index (χ2v) is 8.16. The molecule has 0 aliphatic heterocycles. The van der Waals surface area contributed by atoms with Crippen molar-refractivity contribution < 1.29 is 9.59 Å². The lowest BCUT2D eigenvalue weighted by Gasteiger charge is -2.11. The zero-order valence-corrected chi connectivity index (χ0v) is 17.3. The fourth-order valence-corrected chi connectivity index (χ4v) is 3.64. The summed E-state index contributed by atoms with van der Waals surface area (Å²) in [5, 5.41) is 8.23. The van der Waals surface area contributed by atoms with Gasteiger partial charge in [0.05, 0.1) is 18.2 Å². The van der Waals surface area contributed by atoms with E-state index in [0.29, 0.717) is 23.2 Å². The molecule has 0 aliphatic carbocycles. The van der Waals surface area contributed by atoms with Crippen LogP contribution >= 0.6 is 11.3 Å². The van der Waals surface area contributed by atoms with Gasteiger partial charge in [-0.3, -0.25) is 9.59 Å². The molecule has 3 aromatic rings. The lowest BCUT2D eigenvalue weighted by atomic mass is 10.2. The van der Waals surface area contributed by atoms with E-state index >= 15 is 0 Å². The highest BCUT2D eigenvalue weighted by molar-refractivity contribution is 7.09. The van der Waals surface area contributed by atoms with Crippen LogP contribution in [0.15, 0.2) is 29.9 Å². The molecule has 0 saturated carbocycles. The highest BCUT2D eigenvalue weighted by atomic mass is 32.1. The van der Waals surface area contributed by atoms with Gasteiger partial charge in [0.25, 0.3) is 5.91 Å². The smallest absolute Gasteiger partial charge is 0.270 e. The van der Waals surface area contributed by atoms with E-state index in [1.807, 2.05) is 50.4 Å². The van der Waals surface area contributed by atoms with E-state index in [2.05, 4.69) is 20.6 Å². The molecule has 0 aromatic carbocycles. The average Bonchev–Trinajstić information content (AvgIpc) is 3.28. The zero-order valence-electron chi connectivity index (χ0n) is 16.5. The van der Waals surface area contributed by atoms with Crippen molar-refractivity contribution in [3.63, 3.8) is 0 Å². The maximum Gasteiger partial charge on any atom is 0.270 e. The summed E-state index contributed by atoms with van der Waals surface area (Å²) in [6, 6.07) is 3.66. The largest absolute Gasteiger partial charge is 0.350 e. The van der Waals surface area contributed by atoms with E-state index in [9.17, 15) is 9.59 Å². The first kappa shape index (κ1) is 20.0. The van der Waals surface area contributed by atoms with E-state index in [1.165, 1.54) is 11.3 Å². The molecule has 2 N–H and O–H groups in total. The maximum atomic E-state index is 12.5. The van der Waals surface area contributed by atoms with E-state index in [-0.39, 0.29) is 24.3 Å². The monoisotopic (exact) mass is 399 g/mol. The molecule has 1 atom stereocenters. The number of carbonyl (C=O) groups excluding carboxylic acids is 2. The number of hydrogen-bond donors (Lipinski definition) is 2. The first-order chi connectivity index (χ1) is 13.3. The van der Waals surface area contributed by atoms with Gasteiger partial charge in [0.2, 0.25) is 5.91 Å². The van der Waals surface area contributed by atoms with Crippen LogP contribution in [0.3, 0.4) is 0 Å². The number of nitrogens with zero attached hydrogens (tertiary/aromatic N) is 3. The Morgan fingerprint density at radius 2 is 2.07 bits per heavy atom. The van der Waals surface area contributed by atoms with Crippen molar-refractivity contribution in [2.24, 2.45) is 5.92 Å². The molecule has 28 heavy (non-hydrogen) atoms. The van der Waals surface area contributed by atoms with Gasteiger partial charge in [-0.05, 0) is 31.4 Å². The second kappa shape index (κ2) is 8.52. The van der Waals surface area contributed by atoms with Crippen LogP contribution in [0.1, 0.15) is 53.6 Å². The van der Waals surface area contributed by atoms with Gasteiger partial charge in [-0.2, -0.15) is 0 Å². The molecule has 3 rings (SSSR count). The van der Waals surface area contributed by atoms with Gasteiger partial charge in [0.1, 0.15) is 16.3 Å². The van der Waals surface area contributed by atoms with Crippen LogP contribution in [0.2, 0.25) is 0 Å². The Balaban J connectivity index is 1.61. The predicted molar refractivity (Wildman–Crippen MR) is 109 cm³/mol. The van der Waals surface area contributed by atoms with Crippen LogP contribution in [0.25, 0.3) is 5.65 Å². The number of aryl methyl sites for hydroxylation is 1. The number of fused-ring (bicyclic) bond motifs is 1. The molecule has 0 saturated heterocycles. The minimum absolute atomic E-state index is 0.114. The minimum atomic E-state index is -0.273. The lowest BCUT2D eigenvalue weighted by Crippen LogP contribution is -2.29. The Bertz CT molecular complexity index is 992. The second-order valence-electron chi connectivity index (χ2n) is 7.28. The Hall–Kier alpha value is -2.74. The summed E-state index contributed by atoms with van der Waals surface area (Å²) in [6.45, 7) is 8.54. The third kappa shape index (κ3) is 4.56. The first-order valence-corrected chi connectivity index (χ1v) is 10.2. The number of imidazole rings is 1. The Morgan fingerprint density at radius 3 is 2.82 bits per heavy atom. The first-order valence-electron chi connectivity index (χ1n) is 9.29. The summed E-state index contributed by atoms with van der Waals surface area (Å²) < 4.78 is 1.93. The van der Waals surface area contributed by atoms with Gasteiger partial charge < -0.3 is 15.0 Å². The number of rotatable bonds is 7. The third-order valence-electron chi connectivity index (χ3n) is 4.32. The normalized spacial score (nSPS) is 12.3. The van der Waals surface area contributed by atoms with Crippen LogP contribution in [-0.2, 0) is 11.2 Å². The van der Waals surface area contributed by atoms with Crippen molar-refractivity contribution in [2.75, 3.05) is 6.54 Å². The molecule has 148 valence electrons. The van der Waals surface area contributed by atoms with E-state index in [4.69, 9.17) is 0 Å². The molecule has 8 heteroatoms. The summed E-state index contributed by atoms with van der Waals surface area (Å²) in [4.78, 5) is 33.4. The maximum absolute atomic E-state index is 12.5. The van der Waals surface area contributed by atoms with E-state index < -0.39 is 0 Å². The van der Waals surface area contributed by atoms with E-state index in [0.717, 1.165) is 16.9 Å². The van der Waals surface area contributed by atoms with Gasteiger partial charge >= 0.3 is 0 Å². The van der Waals surface area contributed by atoms with Crippen LogP contribution in [0.4, 0.5) is 0 Å². The SMILES string of the molecule is Cc1cccn2c(CC(=O)N[C@@H](C)c3nc(C(=O)NCC(C)C)cs3)cnc12. The summed E-state index contributed by atoms with van der Waals surface area (Å²) >= 11 is 1.37. The molecule has 3 heterocycles. The van der Waals surface area contributed by atoms with Gasteiger partial charge in [-0.1, -0.05) is 19.9 Å². The lowest BCUT2D eigenvalue weighted by molar-refractivity contribution is -0.121. The number of nitrogens with one attached hydrogen (secondary N) is 2. The van der Waals surface area contributed by atoms with Crippen molar-refractivity contribution >= 4 is 28.8 Å². The van der Waals surface area contributed by atoms with Gasteiger partial charge in [-0.25, -0.2) is 9.97 Å². The average molecular weight is 400 g/mol. The Morgan fingerprint density at radius 1 is 1.29 bits per heavy atom. The predicted octanol–water partition coefficient (Wildman–Crippen LogP) is 2.90. The molecule has 0 unspecified atom stereocenters. The Labute approximate surface area is 168 Å².